The molecule has 3 rings (SSSR count). The number of hydrogen-bond donors (Lipinski definition) is 1. The first-order valence-electron chi connectivity index (χ1n) is 6.87. The summed E-state index contributed by atoms with van der Waals surface area (Å²) in [6.07, 6.45) is 0. The molecule has 1 N–H and O–H groups in total. The molecular weight excluding hydrogens is 282 g/mol. The van der Waals surface area contributed by atoms with Crippen LogP contribution in [0.4, 0.5) is 5.82 Å². The highest BCUT2D eigenvalue weighted by molar-refractivity contribution is 7.13. The zero-order valence-corrected chi connectivity index (χ0v) is 13.1. The number of hydrogen-bond acceptors (Lipinski definition) is 5. The lowest BCUT2D eigenvalue weighted by atomic mass is 10.1. The van der Waals surface area contributed by atoms with E-state index in [4.69, 9.17) is 9.72 Å². The van der Waals surface area contributed by atoms with Gasteiger partial charge in [0.1, 0.15) is 16.4 Å². The van der Waals surface area contributed by atoms with Crippen LogP contribution in [0.25, 0.3) is 21.6 Å². The van der Waals surface area contributed by atoms with Crippen LogP contribution in [0.1, 0.15) is 12.5 Å². The molecule has 0 atom stereocenters. The predicted octanol–water partition coefficient (Wildman–Crippen LogP) is 4.11. The topological polar surface area (TPSA) is 47.0 Å². The molecule has 0 spiro atoms. The summed E-state index contributed by atoms with van der Waals surface area (Å²) >= 11 is 1.59. The Balaban J connectivity index is 2.23. The number of ether oxygens (including phenoxy) is 1. The number of aryl methyl sites for hydroxylation is 1. The van der Waals surface area contributed by atoms with Crippen LogP contribution in [0, 0.1) is 6.92 Å². The van der Waals surface area contributed by atoms with E-state index in [1.54, 1.807) is 18.4 Å². The van der Waals surface area contributed by atoms with Crippen molar-refractivity contribution in [3.63, 3.8) is 0 Å². The lowest BCUT2D eigenvalue weighted by Gasteiger charge is -2.10. The SMILES string of the molecule is CCNc1nc(-c2sccc2OC)nc2ccc(C)cc12. The van der Waals surface area contributed by atoms with Crippen molar-refractivity contribution in [2.24, 2.45) is 0 Å². The van der Waals surface area contributed by atoms with E-state index in [0.717, 1.165) is 33.9 Å². The zero-order chi connectivity index (χ0) is 14.8. The number of nitrogens with one attached hydrogen (secondary N) is 1. The maximum absolute atomic E-state index is 5.38. The highest BCUT2D eigenvalue weighted by Gasteiger charge is 2.14. The Morgan fingerprint density at radius 1 is 1.24 bits per heavy atom. The third kappa shape index (κ3) is 2.56. The average Bonchev–Trinajstić information content (AvgIpc) is 2.96. The highest BCUT2D eigenvalue weighted by Crippen LogP contribution is 2.35. The van der Waals surface area contributed by atoms with E-state index < -0.39 is 0 Å². The van der Waals surface area contributed by atoms with Crippen molar-refractivity contribution >= 4 is 28.1 Å². The van der Waals surface area contributed by atoms with Crippen LogP contribution < -0.4 is 10.1 Å². The van der Waals surface area contributed by atoms with E-state index in [1.807, 2.05) is 17.5 Å². The second kappa shape index (κ2) is 5.69. The van der Waals surface area contributed by atoms with Gasteiger partial charge in [-0.1, -0.05) is 11.6 Å². The highest BCUT2D eigenvalue weighted by atomic mass is 32.1. The Morgan fingerprint density at radius 2 is 2.10 bits per heavy atom. The van der Waals surface area contributed by atoms with E-state index in [2.05, 4.69) is 36.3 Å². The van der Waals surface area contributed by atoms with Crippen LogP contribution in [0.15, 0.2) is 29.6 Å². The number of anilines is 1. The summed E-state index contributed by atoms with van der Waals surface area (Å²) < 4.78 is 5.38. The maximum Gasteiger partial charge on any atom is 0.176 e. The van der Waals surface area contributed by atoms with Gasteiger partial charge in [-0.15, -0.1) is 11.3 Å². The molecule has 4 nitrogen and oxygen atoms in total. The summed E-state index contributed by atoms with van der Waals surface area (Å²) in [5.74, 6) is 2.39. The molecule has 0 fully saturated rings. The number of rotatable bonds is 4. The number of fused-ring (bicyclic) bond motifs is 1. The van der Waals surface area contributed by atoms with Crippen LogP contribution in [0.2, 0.25) is 0 Å². The fraction of sp³-hybridized carbons (Fsp3) is 0.250. The van der Waals surface area contributed by atoms with Gasteiger partial charge in [-0.2, -0.15) is 0 Å². The summed E-state index contributed by atoms with van der Waals surface area (Å²) in [5, 5.41) is 6.37. The number of nitrogens with zero attached hydrogens (tertiary/aromatic N) is 2. The molecule has 108 valence electrons. The smallest absolute Gasteiger partial charge is 0.176 e. The van der Waals surface area contributed by atoms with Gasteiger partial charge in [-0.3, -0.25) is 0 Å². The lowest BCUT2D eigenvalue weighted by molar-refractivity contribution is 0.418. The summed E-state index contributed by atoms with van der Waals surface area (Å²) in [6.45, 7) is 4.96. The second-order valence-corrected chi connectivity index (χ2v) is 5.68. The predicted molar refractivity (Wildman–Crippen MR) is 88.3 cm³/mol. The molecule has 0 aliphatic heterocycles. The third-order valence-electron chi connectivity index (χ3n) is 3.25. The summed E-state index contributed by atoms with van der Waals surface area (Å²) in [5.41, 5.74) is 2.14. The van der Waals surface area contributed by atoms with E-state index in [-0.39, 0.29) is 0 Å². The Bertz CT molecular complexity index is 782. The van der Waals surface area contributed by atoms with E-state index in [9.17, 15) is 0 Å². The minimum absolute atomic E-state index is 0.703. The van der Waals surface area contributed by atoms with Crippen molar-refractivity contribution in [2.75, 3.05) is 19.0 Å². The fourth-order valence-electron chi connectivity index (χ4n) is 2.27. The Hall–Kier alpha value is -2.14. The molecule has 0 unspecified atom stereocenters. The molecule has 2 heterocycles. The minimum Gasteiger partial charge on any atom is -0.495 e. The van der Waals surface area contributed by atoms with Gasteiger partial charge in [-0.25, -0.2) is 9.97 Å². The molecule has 0 bridgehead atoms. The molecule has 0 aliphatic rings. The quantitative estimate of drug-likeness (QED) is 0.787. The van der Waals surface area contributed by atoms with Crippen LogP contribution in [0.5, 0.6) is 5.75 Å². The molecule has 2 aromatic heterocycles. The molecule has 1 aromatic carbocycles. The van der Waals surface area contributed by atoms with Gasteiger partial charge in [0.15, 0.2) is 5.82 Å². The van der Waals surface area contributed by atoms with Gasteiger partial charge in [0.2, 0.25) is 0 Å². The number of aromatic nitrogens is 2. The van der Waals surface area contributed by atoms with Crippen molar-refractivity contribution in [1.82, 2.24) is 9.97 Å². The first kappa shape index (κ1) is 13.8. The normalized spacial score (nSPS) is 10.8. The Morgan fingerprint density at radius 3 is 2.86 bits per heavy atom. The van der Waals surface area contributed by atoms with Crippen molar-refractivity contribution in [2.45, 2.75) is 13.8 Å². The van der Waals surface area contributed by atoms with E-state index >= 15 is 0 Å². The van der Waals surface area contributed by atoms with Gasteiger partial charge < -0.3 is 10.1 Å². The number of methoxy groups -OCH3 is 1. The van der Waals surface area contributed by atoms with Crippen LogP contribution in [0.3, 0.4) is 0 Å². The Labute approximate surface area is 127 Å². The van der Waals surface area contributed by atoms with Crippen molar-refractivity contribution in [3.05, 3.63) is 35.2 Å². The van der Waals surface area contributed by atoms with Crippen molar-refractivity contribution < 1.29 is 4.74 Å². The zero-order valence-electron chi connectivity index (χ0n) is 12.3. The second-order valence-electron chi connectivity index (χ2n) is 4.76. The maximum atomic E-state index is 5.38. The molecule has 5 heteroatoms. The van der Waals surface area contributed by atoms with Crippen molar-refractivity contribution in [1.29, 1.82) is 0 Å². The number of benzene rings is 1. The molecule has 0 radical (unpaired) electrons. The first-order chi connectivity index (χ1) is 10.2. The van der Waals surface area contributed by atoms with E-state index in [1.165, 1.54) is 5.56 Å². The van der Waals surface area contributed by atoms with Crippen LogP contribution in [-0.2, 0) is 0 Å². The average molecular weight is 299 g/mol. The van der Waals surface area contributed by atoms with Crippen molar-refractivity contribution in [3.8, 4) is 16.5 Å². The molecule has 0 saturated heterocycles. The summed E-state index contributed by atoms with van der Waals surface area (Å²) in [7, 11) is 1.67. The van der Waals surface area contributed by atoms with E-state index in [0.29, 0.717) is 5.82 Å². The van der Waals surface area contributed by atoms with Gasteiger partial charge in [-0.05, 0) is 37.4 Å². The molecular formula is C16H17N3OS. The van der Waals surface area contributed by atoms with Gasteiger partial charge >= 0.3 is 0 Å². The molecule has 0 saturated carbocycles. The third-order valence-corrected chi connectivity index (χ3v) is 4.14. The largest absolute Gasteiger partial charge is 0.495 e. The summed E-state index contributed by atoms with van der Waals surface area (Å²) in [6, 6.07) is 8.16. The molecule has 3 aromatic rings. The first-order valence-corrected chi connectivity index (χ1v) is 7.75. The minimum atomic E-state index is 0.703. The van der Waals surface area contributed by atoms with Gasteiger partial charge in [0.05, 0.1) is 12.6 Å². The monoisotopic (exact) mass is 299 g/mol. The Kier molecular flexibility index (Phi) is 3.75. The molecule has 0 amide bonds. The number of thiophene rings is 1. The van der Waals surface area contributed by atoms with Crippen LogP contribution in [-0.4, -0.2) is 23.6 Å². The van der Waals surface area contributed by atoms with Gasteiger partial charge in [0.25, 0.3) is 0 Å². The fourth-order valence-corrected chi connectivity index (χ4v) is 3.06. The standard InChI is InChI=1S/C16H17N3OS/c1-4-17-15-11-9-10(2)5-6-12(11)18-16(19-15)14-13(20-3)7-8-21-14/h5-9H,4H2,1-3H3,(H,17,18,19). The lowest BCUT2D eigenvalue weighted by Crippen LogP contribution is -2.03. The molecule has 21 heavy (non-hydrogen) atoms. The molecule has 0 aliphatic carbocycles. The van der Waals surface area contributed by atoms with Crippen LogP contribution >= 0.6 is 11.3 Å². The summed E-state index contributed by atoms with van der Waals surface area (Å²) in [4.78, 5) is 10.3. The van der Waals surface area contributed by atoms with Gasteiger partial charge in [0, 0.05) is 11.9 Å².